The van der Waals surface area contributed by atoms with Gasteiger partial charge in [-0.15, -0.1) is 0 Å². The van der Waals surface area contributed by atoms with E-state index >= 15 is 0 Å². The molecule has 0 fully saturated rings. The summed E-state index contributed by atoms with van der Waals surface area (Å²) in [6.07, 6.45) is 0. The van der Waals surface area contributed by atoms with Crippen molar-refractivity contribution in [1.29, 1.82) is 0 Å². The first kappa shape index (κ1) is 20.6. The van der Waals surface area contributed by atoms with Crippen LogP contribution in [0.1, 0.15) is 27.5 Å². The van der Waals surface area contributed by atoms with Gasteiger partial charge >= 0.3 is 0 Å². The maximum Gasteiger partial charge on any atom is 0.290 e. The molecule has 33 heavy (non-hydrogen) atoms. The molecule has 0 radical (unpaired) electrons. The van der Waals surface area contributed by atoms with Gasteiger partial charge in [-0.1, -0.05) is 54.6 Å². The number of carbonyl (C=O) groups excluding carboxylic acids is 1. The van der Waals surface area contributed by atoms with Crippen LogP contribution in [-0.4, -0.2) is 20.8 Å². The van der Waals surface area contributed by atoms with Crippen LogP contribution in [0.15, 0.2) is 82.0 Å². The predicted molar refractivity (Wildman–Crippen MR) is 123 cm³/mol. The van der Waals surface area contributed by atoms with E-state index in [2.05, 4.69) is 9.97 Å². The van der Waals surface area contributed by atoms with Crippen molar-refractivity contribution in [3.8, 4) is 0 Å². The maximum absolute atomic E-state index is 14.3. The van der Waals surface area contributed by atoms with Gasteiger partial charge in [-0.3, -0.25) is 9.59 Å². The molecule has 3 aromatic carbocycles. The molecule has 0 atom stereocenters. The molecule has 5 aromatic rings. The fraction of sp³-hybridized carbons (Fsp3) is 0.115. The van der Waals surface area contributed by atoms with E-state index in [0.717, 1.165) is 5.56 Å². The topological polar surface area (TPSA) is 79.2 Å². The fourth-order valence-corrected chi connectivity index (χ4v) is 3.95. The molecule has 2 heterocycles. The van der Waals surface area contributed by atoms with E-state index in [1.54, 1.807) is 43.3 Å². The molecule has 0 spiro atoms. The molecule has 0 saturated carbocycles. The molecule has 2 aromatic heterocycles. The molecule has 1 N–H and O–H groups in total. The van der Waals surface area contributed by atoms with Crippen molar-refractivity contribution < 1.29 is 13.6 Å². The van der Waals surface area contributed by atoms with E-state index in [9.17, 15) is 14.0 Å². The molecule has 6 nitrogen and oxygen atoms in total. The van der Waals surface area contributed by atoms with E-state index < -0.39 is 11.7 Å². The summed E-state index contributed by atoms with van der Waals surface area (Å²) >= 11 is 0. The Hall–Kier alpha value is -4.26. The van der Waals surface area contributed by atoms with Crippen molar-refractivity contribution in [2.45, 2.75) is 20.0 Å². The summed E-state index contributed by atoms with van der Waals surface area (Å²) in [5.41, 5.74) is 1.78. The minimum Gasteiger partial charge on any atom is -0.448 e. The number of H-pyrrole nitrogens is 1. The minimum absolute atomic E-state index is 0.0484. The fourth-order valence-electron chi connectivity index (χ4n) is 3.95. The van der Waals surface area contributed by atoms with Crippen LogP contribution in [-0.2, 0) is 13.1 Å². The first-order valence-electron chi connectivity index (χ1n) is 10.5. The Morgan fingerprint density at radius 1 is 0.970 bits per heavy atom. The first-order chi connectivity index (χ1) is 16.0. The highest BCUT2D eigenvalue weighted by atomic mass is 19.1. The van der Waals surface area contributed by atoms with Crippen LogP contribution >= 0.6 is 0 Å². The number of hydrogen-bond acceptors (Lipinski definition) is 4. The summed E-state index contributed by atoms with van der Waals surface area (Å²) in [6, 6.07) is 21.1. The van der Waals surface area contributed by atoms with Gasteiger partial charge in [0.1, 0.15) is 5.82 Å². The lowest BCUT2D eigenvalue weighted by Crippen LogP contribution is -2.32. The number of nitrogens with zero attached hydrogens (tertiary/aromatic N) is 2. The molecule has 7 heteroatoms. The molecule has 1 amide bonds. The number of furan rings is 1. The monoisotopic (exact) mass is 441 g/mol. The number of aromatic nitrogens is 2. The van der Waals surface area contributed by atoms with Crippen molar-refractivity contribution in [1.82, 2.24) is 14.9 Å². The summed E-state index contributed by atoms with van der Waals surface area (Å²) in [6.45, 7) is 2.04. The molecular weight excluding hydrogens is 421 g/mol. The predicted octanol–water partition coefficient (Wildman–Crippen LogP) is 4.96. The van der Waals surface area contributed by atoms with Crippen molar-refractivity contribution in [3.63, 3.8) is 0 Å². The van der Waals surface area contributed by atoms with Crippen molar-refractivity contribution in [3.05, 3.63) is 112 Å². The largest absolute Gasteiger partial charge is 0.448 e. The second-order valence-corrected chi connectivity index (χ2v) is 7.85. The lowest BCUT2D eigenvalue weighted by Gasteiger charge is -2.22. The number of aryl methyl sites for hydroxylation is 1. The standard InChI is InChI=1S/C26H20FN3O3/c1-16-18-11-7-12-20(27)24(18)33-23(16)26(32)30(14-17-8-3-2-4-9-17)15-22-28-21-13-6-5-10-19(21)25(31)29-22/h2-13H,14-15H2,1H3,(H,28,29,31). The molecule has 0 aliphatic heterocycles. The van der Waals surface area contributed by atoms with Gasteiger partial charge < -0.3 is 14.3 Å². The average Bonchev–Trinajstić information content (AvgIpc) is 3.17. The molecule has 0 saturated heterocycles. The average molecular weight is 441 g/mol. The molecule has 0 bridgehead atoms. The van der Waals surface area contributed by atoms with Crippen LogP contribution in [0.4, 0.5) is 4.39 Å². The van der Waals surface area contributed by atoms with Gasteiger partial charge in [0.25, 0.3) is 11.5 Å². The lowest BCUT2D eigenvalue weighted by atomic mass is 10.1. The SMILES string of the molecule is Cc1c(C(=O)N(Cc2ccccc2)Cc2nc3ccccc3c(=O)[nH]2)oc2c(F)cccc12. The summed E-state index contributed by atoms with van der Waals surface area (Å²) in [5.74, 6) is -0.523. The van der Waals surface area contributed by atoms with E-state index in [0.29, 0.717) is 27.7 Å². The quantitative estimate of drug-likeness (QED) is 0.418. The zero-order chi connectivity index (χ0) is 22.9. The Morgan fingerprint density at radius 3 is 2.48 bits per heavy atom. The molecule has 5 rings (SSSR count). The number of halogens is 1. The number of aromatic amines is 1. The van der Waals surface area contributed by atoms with E-state index in [1.165, 1.54) is 11.0 Å². The third-order valence-corrected chi connectivity index (χ3v) is 5.62. The molecule has 0 unspecified atom stereocenters. The Morgan fingerprint density at radius 2 is 1.70 bits per heavy atom. The molecule has 164 valence electrons. The van der Waals surface area contributed by atoms with Crippen molar-refractivity contribution in [2.75, 3.05) is 0 Å². The summed E-state index contributed by atoms with van der Waals surface area (Å²) < 4.78 is 19.9. The number of amides is 1. The highest BCUT2D eigenvalue weighted by molar-refractivity contribution is 5.99. The highest BCUT2D eigenvalue weighted by Gasteiger charge is 2.25. The number of carbonyl (C=O) groups is 1. The molecular formula is C26H20FN3O3. The normalized spacial score (nSPS) is 11.2. The summed E-state index contributed by atoms with van der Waals surface area (Å²) in [4.78, 5) is 35.0. The third kappa shape index (κ3) is 3.89. The van der Waals surface area contributed by atoms with Gasteiger partial charge in [-0.05, 0) is 30.7 Å². The lowest BCUT2D eigenvalue weighted by molar-refractivity contribution is 0.0694. The van der Waals surface area contributed by atoms with Crippen LogP contribution in [0.25, 0.3) is 21.9 Å². The first-order valence-corrected chi connectivity index (χ1v) is 10.5. The molecule has 0 aliphatic carbocycles. The van der Waals surface area contributed by atoms with Crippen LogP contribution in [0.5, 0.6) is 0 Å². The number of para-hydroxylation sites is 2. The number of nitrogens with one attached hydrogen (secondary N) is 1. The highest BCUT2D eigenvalue weighted by Crippen LogP contribution is 2.29. The number of rotatable bonds is 5. The van der Waals surface area contributed by atoms with E-state index in [-0.39, 0.29) is 30.0 Å². The number of hydrogen-bond donors (Lipinski definition) is 1. The van der Waals surface area contributed by atoms with Crippen molar-refractivity contribution in [2.24, 2.45) is 0 Å². The van der Waals surface area contributed by atoms with Crippen LogP contribution in [0.2, 0.25) is 0 Å². The second kappa shape index (κ2) is 8.35. The minimum atomic E-state index is -0.523. The smallest absolute Gasteiger partial charge is 0.290 e. The summed E-state index contributed by atoms with van der Waals surface area (Å²) in [7, 11) is 0. The van der Waals surface area contributed by atoms with Crippen molar-refractivity contribution >= 4 is 27.8 Å². The summed E-state index contributed by atoms with van der Waals surface area (Å²) in [5, 5.41) is 1.03. The van der Waals surface area contributed by atoms with Crippen LogP contribution < -0.4 is 5.56 Å². The Labute approximate surface area is 188 Å². The van der Waals surface area contributed by atoms with Gasteiger partial charge in [0.2, 0.25) is 0 Å². The number of fused-ring (bicyclic) bond motifs is 2. The van der Waals surface area contributed by atoms with Gasteiger partial charge in [0.15, 0.2) is 17.2 Å². The maximum atomic E-state index is 14.3. The third-order valence-electron chi connectivity index (χ3n) is 5.62. The molecule has 0 aliphatic rings. The van der Waals surface area contributed by atoms with Gasteiger partial charge in [-0.2, -0.15) is 0 Å². The van der Waals surface area contributed by atoms with Crippen LogP contribution in [0, 0.1) is 12.7 Å². The Balaban J connectivity index is 1.56. The van der Waals surface area contributed by atoms with E-state index in [1.807, 2.05) is 30.3 Å². The Kier molecular flexibility index (Phi) is 5.22. The van der Waals surface area contributed by atoms with Gasteiger partial charge in [0.05, 0.1) is 17.4 Å². The second-order valence-electron chi connectivity index (χ2n) is 7.85. The van der Waals surface area contributed by atoms with E-state index in [4.69, 9.17) is 4.42 Å². The zero-order valence-corrected chi connectivity index (χ0v) is 17.8. The number of benzene rings is 3. The zero-order valence-electron chi connectivity index (χ0n) is 17.8. The van der Waals surface area contributed by atoms with Gasteiger partial charge in [-0.25, -0.2) is 9.37 Å². The van der Waals surface area contributed by atoms with Crippen LogP contribution in [0.3, 0.4) is 0 Å². The van der Waals surface area contributed by atoms with Gasteiger partial charge in [0, 0.05) is 17.5 Å². The Bertz CT molecular complexity index is 1540.